The molecule has 0 aliphatic carbocycles. The average molecular weight is 251 g/mol. The molecule has 3 heteroatoms. The Balaban J connectivity index is 2.25. The lowest BCUT2D eigenvalue weighted by molar-refractivity contribution is 0.415. The summed E-state index contributed by atoms with van der Waals surface area (Å²) in [4.78, 5) is 14.6. The molecule has 2 aromatic carbocycles. The van der Waals surface area contributed by atoms with Gasteiger partial charge in [-0.3, -0.25) is 4.79 Å². The Bertz CT molecular complexity index is 773. The maximum atomic E-state index is 11.7. The molecule has 3 nitrogen and oxygen atoms in total. The van der Waals surface area contributed by atoms with Gasteiger partial charge in [0.2, 0.25) is 5.56 Å². The molecular formula is C16H13NO2. The van der Waals surface area contributed by atoms with Crippen molar-refractivity contribution < 1.29 is 4.74 Å². The van der Waals surface area contributed by atoms with Gasteiger partial charge in [-0.2, -0.15) is 0 Å². The van der Waals surface area contributed by atoms with Gasteiger partial charge in [-0.25, -0.2) is 0 Å². The molecule has 0 radical (unpaired) electrons. The zero-order valence-corrected chi connectivity index (χ0v) is 10.5. The first kappa shape index (κ1) is 11.5. The van der Waals surface area contributed by atoms with Crippen molar-refractivity contribution in [1.82, 2.24) is 4.98 Å². The second-order valence-corrected chi connectivity index (χ2v) is 4.32. The maximum absolute atomic E-state index is 11.7. The van der Waals surface area contributed by atoms with E-state index in [9.17, 15) is 4.79 Å². The van der Waals surface area contributed by atoms with Crippen LogP contribution >= 0.6 is 0 Å². The van der Waals surface area contributed by atoms with Crippen LogP contribution in [0.25, 0.3) is 22.0 Å². The van der Waals surface area contributed by atoms with Crippen LogP contribution in [0.3, 0.4) is 0 Å². The van der Waals surface area contributed by atoms with E-state index in [1.165, 1.54) is 0 Å². The second kappa shape index (κ2) is 4.61. The first-order valence-corrected chi connectivity index (χ1v) is 6.04. The minimum Gasteiger partial charge on any atom is -0.497 e. The molecule has 3 aromatic rings. The maximum Gasteiger partial charge on any atom is 0.249 e. The van der Waals surface area contributed by atoms with Crippen molar-refractivity contribution in [2.45, 2.75) is 0 Å². The highest BCUT2D eigenvalue weighted by atomic mass is 16.5. The van der Waals surface area contributed by atoms with Crippen LogP contribution in [0.2, 0.25) is 0 Å². The fourth-order valence-corrected chi connectivity index (χ4v) is 2.21. The van der Waals surface area contributed by atoms with Gasteiger partial charge in [0, 0.05) is 17.0 Å². The van der Waals surface area contributed by atoms with Crippen molar-refractivity contribution in [3.05, 3.63) is 65.0 Å². The topological polar surface area (TPSA) is 42.1 Å². The summed E-state index contributed by atoms with van der Waals surface area (Å²) in [5.41, 5.74) is 2.69. The Hall–Kier alpha value is -2.55. The third-order valence-corrected chi connectivity index (χ3v) is 3.15. The van der Waals surface area contributed by atoms with Crippen LogP contribution in [0.15, 0.2) is 59.4 Å². The molecular weight excluding hydrogens is 238 g/mol. The third-order valence-electron chi connectivity index (χ3n) is 3.15. The Kier molecular flexibility index (Phi) is 2.80. The zero-order chi connectivity index (χ0) is 13.2. The molecule has 0 fully saturated rings. The number of hydrogen-bond acceptors (Lipinski definition) is 2. The van der Waals surface area contributed by atoms with Crippen LogP contribution in [0.4, 0.5) is 0 Å². The third kappa shape index (κ3) is 2.10. The van der Waals surface area contributed by atoms with E-state index in [2.05, 4.69) is 4.98 Å². The molecule has 19 heavy (non-hydrogen) atoms. The fraction of sp³-hybridized carbons (Fsp3) is 0.0625. The number of fused-ring (bicyclic) bond motifs is 1. The van der Waals surface area contributed by atoms with Gasteiger partial charge in [-0.05, 0) is 29.3 Å². The van der Waals surface area contributed by atoms with E-state index in [0.29, 0.717) is 0 Å². The number of hydrogen-bond donors (Lipinski definition) is 1. The Morgan fingerprint density at radius 1 is 1.00 bits per heavy atom. The van der Waals surface area contributed by atoms with Crippen LogP contribution in [-0.2, 0) is 0 Å². The average Bonchev–Trinajstić information content (AvgIpc) is 2.46. The van der Waals surface area contributed by atoms with Gasteiger partial charge < -0.3 is 9.72 Å². The van der Waals surface area contributed by atoms with E-state index in [0.717, 1.165) is 27.8 Å². The molecule has 1 N–H and O–H groups in total. The number of methoxy groups -OCH3 is 1. The summed E-state index contributed by atoms with van der Waals surface area (Å²) in [5.74, 6) is 0.804. The molecule has 0 atom stereocenters. The van der Waals surface area contributed by atoms with E-state index in [1.807, 2.05) is 48.5 Å². The Labute approximate surface area is 110 Å². The summed E-state index contributed by atoms with van der Waals surface area (Å²) in [6.07, 6.45) is 0. The minimum atomic E-state index is -0.0930. The summed E-state index contributed by atoms with van der Waals surface area (Å²) in [5, 5.41) is 1.03. The van der Waals surface area contributed by atoms with E-state index < -0.39 is 0 Å². The molecule has 94 valence electrons. The van der Waals surface area contributed by atoms with Crippen LogP contribution in [0.5, 0.6) is 5.75 Å². The summed E-state index contributed by atoms with van der Waals surface area (Å²) >= 11 is 0. The van der Waals surface area contributed by atoms with Crippen molar-refractivity contribution in [2.75, 3.05) is 7.11 Å². The van der Waals surface area contributed by atoms with Gasteiger partial charge >= 0.3 is 0 Å². The molecule has 1 heterocycles. The van der Waals surface area contributed by atoms with Gasteiger partial charge in [0.1, 0.15) is 5.75 Å². The molecule has 0 spiro atoms. The van der Waals surface area contributed by atoms with Gasteiger partial charge in [0.25, 0.3) is 0 Å². The predicted molar refractivity (Wildman–Crippen MR) is 76.6 cm³/mol. The van der Waals surface area contributed by atoms with Gasteiger partial charge in [-0.15, -0.1) is 0 Å². The molecule has 0 unspecified atom stereocenters. The molecule has 0 saturated heterocycles. The lowest BCUT2D eigenvalue weighted by atomic mass is 10.0. The SMILES string of the molecule is COc1ccc(-c2cc(=O)[nH]c3ccccc23)cc1. The molecule has 0 amide bonds. The number of aromatic nitrogens is 1. The van der Waals surface area contributed by atoms with Crippen LogP contribution < -0.4 is 10.3 Å². The van der Waals surface area contributed by atoms with Gasteiger partial charge in [0.15, 0.2) is 0 Å². The normalized spacial score (nSPS) is 10.6. The zero-order valence-electron chi connectivity index (χ0n) is 10.5. The minimum absolute atomic E-state index is 0.0930. The van der Waals surface area contributed by atoms with Crippen LogP contribution in [0.1, 0.15) is 0 Å². The molecule has 1 aromatic heterocycles. The molecule has 0 bridgehead atoms. The van der Waals surface area contributed by atoms with Gasteiger partial charge in [-0.1, -0.05) is 30.3 Å². The lowest BCUT2D eigenvalue weighted by Gasteiger charge is -2.07. The lowest BCUT2D eigenvalue weighted by Crippen LogP contribution is -2.04. The largest absolute Gasteiger partial charge is 0.497 e. The summed E-state index contributed by atoms with van der Waals surface area (Å²) in [6, 6.07) is 17.1. The van der Waals surface area contributed by atoms with Crippen molar-refractivity contribution in [2.24, 2.45) is 0 Å². The van der Waals surface area contributed by atoms with Crippen LogP contribution in [-0.4, -0.2) is 12.1 Å². The monoisotopic (exact) mass is 251 g/mol. The summed E-state index contributed by atoms with van der Waals surface area (Å²) in [7, 11) is 1.64. The smallest absolute Gasteiger partial charge is 0.249 e. The van der Waals surface area contributed by atoms with Gasteiger partial charge in [0.05, 0.1) is 7.11 Å². The van der Waals surface area contributed by atoms with E-state index >= 15 is 0 Å². The first-order chi connectivity index (χ1) is 9.28. The summed E-state index contributed by atoms with van der Waals surface area (Å²) in [6.45, 7) is 0. The summed E-state index contributed by atoms with van der Waals surface area (Å²) < 4.78 is 5.15. The molecule has 0 aliphatic heterocycles. The highest BCUT2D eigenvalue weighted by Crippen LogP contribution is 2.27. The highest BCUT2D eigenvalue weighted by molar-refractivity contribution is 5.94. The van der Waals surface area contributed by atoms with E-state index in [-0.39, 0.29) is 5.56 Å². The van der Waals surface area contributed by atoms with Crippen LogP contribution in [0, 0.1) is 0 Å². The number of benzene rings is 2. The highest BCUT2D eigenvalue weighted by Gasteiger charge is 2.05. The number of rotatable bonds is 2. The van der Waals surface area contributed by atoms with Crippen molar-refractivity contribution >= 4 is 10.9 Å². The van der Waals surface area contributed by atoms with E-state index in [1.54, 1.807) is 13.2 Å². The number of ether oxygens (including phenoxy) is 1. The number of para-hydroxylation sites is 1. The molecule has 0 aliphatic rings. The van der Waals surface area contributed by atoms with Crippen molar-refractivity contribution in [1.29, 1.82) is 0 Å². The number of H-pyrrole nitrogens is 1. The number of nitrogens with one attached hydrogen (secondary N) is 1. The standard InChI is InChI=1S/C16H13NO2/c1-19-12-8-6-11(7-9-12)14-10-16(18)17-15-5-3-2-4-13(14)15/h2-10H,1H3,(H,17,18). The molecule has 0 saturated carbocycles. The van der Waals surface area contributed by atoms with Crippen molar-refractivity contribution in [3.63, 3.8) is 0 Å². The first-order valence-electron chi connectivity index (χ1n) is 6.04. The second-order valence-electron chi connectivity index (χ2n) is 4.32. The number of aromatic amines is 1. The Morgan fingerprint density at radius 3 is 2.47 bits per heavy atom. The Morgan fingerprint density at radius 2 is 1.74 bits per heavy atom. The van der Waals surface area contributed by atoms with Crippen molar-refractivity contribution in [3.8, 4) is 16.9 Å². The fourth-order valence-electron chi connectivity index (χ4n) is 2.21. The van der Waals surface area contributed by atoms with E-state index in [4.69, 9.17) is 4.74 Å². The number of pyridine rings is 1. The molecule has 3 rings (SSSR count). The quantitative estimate of drug-likeness (QED) is 0.760. The predicted octanol–water partition coefficient (Wildman–Crippen LogP) is 3.20.